The second-order valence-electron chi connectivity index (χ2n) is 6.18. The minimum atomic E-state index is 0.502. The summed E-state index contributed by atoms with van der Waals surface area (Å²) >= 11 is 0. The van der Waals surface area contributed by atoms with Gasteiger partial charge in [-0.25, -0.2) is 0 Å². The SMILES string of the molecule is CCC1(CC)C[C@H](c2ccccc2)[C@@H]1c1ccccc1. The molecule has 0 aromatic heterocycles. The van der Waals surface area contributed by atoms with Crippen molar-refractivity contribution >= 4 is 0 Å². The average Bonchev–Trinajstić information content (AvgIpc) is 2.50. The molecule has 0 amide bonds. The summed E-state index contributed by atoms with van der Waals surface area (Å²) in [5.41, 5.74) is 3.54. The fraction of sp³-hybridized carbons (Fsp3) is 0.400. The van der Waals surface area contributed by atoms with Crippen LogP contribution in [-0.4, -0.2) is 0 Å². The minimum absolute atomic E-state index is 0.502. The summed E-state index contributed by atoms with van der Waals surface area (Å²) in [7, 11) is 0. The molecule has 0 nitrogen and oxygen atoms in total. The Balaban J connectivity index is 1.98. The Labute approximate surface area is 122 Å². The summed E-state index contributed by atoms with van der Waals surface area (Å²) in [6, 6.07) is 22.2. The van der Waals surface area contributed by atoms with Gasteiger partial charge >= 0.3 is 0 Å². The van der Waals surface area contributed by atoms with Crippen LogP contribution in [0.1, 0.15) is 56.1 Å². The molecule has 2 aromatic carbocycles. The van der Waals surface area contributed by atoms with Crippen LogP contribution in [-0.2, 0) is 0 Å². The highest BCUT2D eigenvalue weighted by Gasteiger charge is 2.52. The van der Waals surface area contributed by atoms with E-state index in [9.17, 15) is 0 Å². The van der Waals surface area contributed by atoms with Gasteiger partial charge in [0, 0.05) is 0 Å². The van der Waals surface area contributed by atoms with E-state index >= 15 is 0 Å². The first kappa shape index (κ1) is 13.4. The zero-order valence-electron chi connectivity index (χ0n) is 12.5. The van der Waals surface area contributed by atoms with E-state index in [1.807, 2.05) is 0 Å². The van der Waals surface area contributed by atoms with E-state index in [0.717, 1.165) is 0 Å². The molecule has 0 aliphatic heterocycles. The molecule has 0 spiro atoms. The lowest BCUT2D eigenvalue weighted by Gasteiger charge is -2.56. The largest absolute Gasteiger partial charge is 0.0648 e. The van der Waals surface area contributed by atoms with Gasteiger partial charge in [-0.2, -0.15) is 0 Å². The van der Waals surface area contributed by atoms with Crippen molar-refractivity contribution in [3.8, 4) is 0 Å². The van der Waals surface area contributed by atoms with E-state index < -0.39 is 0 Å². The minimum Gasteiger partial charge on any atom is -0.0648 e. The van der Waals surface area contributed by atoms with E-state index in [4.69, 9.17) is 0 Å². The van der Waals surface area contributed by atoms with Crippen LogP contribution in [0.4, 0.5) is 0 Å². The van der Waals surface area contributed by atoms with Gasteiger partial charge in [0.05, 0.1) is 0 Å². The Morgan fingerprint density at radius 3 is 1.80 bits per heavy atom. The predicted octanol–water partition coefficient (Wildman–Crippen LogP) is 5.76. The molecule has 1 aliphatic rings. The van der Waals surface area contributed by atoms with Crippen molar-refractivity contribution in [2.45, 2.75) is 44.9 Å². The van der Waals surface area contributed by atoms with Crippen LogP contribution in [0.3, 0.4) is 0 Å². The first-order chi connectivity index (χ1) is 9.80. The maximum Gasteiger partial charge on any atom is -0.00363 e. The molecule has 1 fully saturated rings. The molecule has 0 unspecified atom stereocenters. The second kappa shape index (κ2) is 5.44. The van der Waals surface area contributed by atoms with Crippen LogP contribution >= 0.6 is 0 Å². The molecule has 2 atom stereocenters. The van der Waals surface area contributed by atoms with Crippen LogP contribution in [0.5, 0.6) is 0 Å². The Hall–Kier alpha value is -1.56. The Morgan fingerprint density at radius 1 is 0.800 bits per heavy atom. The summed E-state index contributed by atoms with van der Waals surface area (Å²) in [4.78, 5) is 0. The van der Waals surface area contributed by atoms with Gasteiger partial charge in [0.15, 0.2) is 0 Å². The molecule has 0 saturated heterocycles. The van der Waals surface area contributed by atoms with Gasteiger partial charge in [0.1, 0.15) is 0 Å². The molecule has 1 aliphatic carbocycles. The van der Waals surface area contributed by atoms with Gasteiger partial charge in [0.2, 0.25) is 0 Å². The Kier molecular flexibility index (Phi) is 3.65. The number of hydrogen-bond acceptors (Lipinski definition) is 0. The monoisotopic (exact) mass is 264 g/mol. The zero-order chi connectivity index (χ0) is 14.0. The molecule has 0 radical (unpaired) electrons. The van der Waals surface area contributed by atoms with Crippen molar-refractivity contribution < 1.29 is 0 Å². The lowest BCUT2D eigenvalue weighted by atomic mass is 9.48. The summed E-state index contributed by atoms with van der Waals surface area (Å²) in [6.07, 6.45) is 3.91. The number of benzene rings is 2. The van der Waals surface area contributed by atoms with Crippen molar-refractivity contribution in [2.75, 3.05) is 0 Å². The molecule has 0 N–H and O–H groups in total. The van der Waals surface area contributed by atoms with Crippen molar-refractivity contribution in [3.63, 3.8) is 0 Å². The lowest BCUT2D eigenvalue weighted by molar-refractivity contribution is 0.0479. The van der Waals surface area contributed by atoms with E-state index in [1.54, 1.807) is 0 Å². The molecule has 104 valence electrons. The maximum atomic E-state index is 2.36. The van der Waals surface area contributed by atoms with E-state index in [-0.39, 0.29) is 0 Å². The molecule has 20 heavy (non-hydrogen) atoms. The van der Waals surface area contributed by atoms with Gasteiger partial charge in [-0.1, -0.05) is 74.5 Å². The first-order valence-electron chi connectivity index (χ1n) is 7.90. The number of hydrogen-bond donors (Lipinski definition) is 0. The molecule has 0 heteroatoms. The topological polar surface area (TPSA) is 0 Å². The summed E-state index contributed by atoms with van der Waals surface area (Å²) in [5, 5.41) is 0. The first-order valence-corrected chi connectivity index (χ1v) is 7.90. The zero-order valence-corrected chi connectivity index (χ0v) is 12.5. The van der Waals surface area contributed by atoms with Crippen LogP contribution in [0.25, 0.3) is 0 Å². The Bertz CT molecular complexity index is 537. The Morgan fingerprint density at radius 2 is 1.30 bits per heavy atom. The van der Waals surface area contributed by atoms with Crippen LogP contribution in [0.2, 0.25) is 0 Å². The predicted molar refractivity (Wildman–Crippen MR) is 86.0 cm³/mol. The summed E-state index contributed by atoms with van der Waals surface area (Å²) in [5.74, 6) is 1.37. The van der Waals surface area contributed by atoms with E-state index in [1.165, 1.54) is 30.4 Å². The van der Waals surface area contributed by atoms with Crippen LogP contribution < -0.4 is 0 Å². The van der Waals surface area contributed by atoms with Crippen LogP contribution in [0.15, 0.2) is 60.7 Å². The maximum absolute atomic E-state index is 2.36. The molecule has 0 bridgehead atoms. The van der Waals surface area contributed by atoms with E-state index in [2.05, 4.69) is 74.5 Å². The average molecular weight is 264 g/mol. The highest BCUT2D eigenvalue weighted by atomic mass is 14.6. The third-order valence-electron chi connectivity index (χ3n) is 5.48. The number of rotatable bonds is 4. The lowest BCUT2D eigenvalue weighted by Crippen LogP contribution is -2.43. The van der Waals surface area contributed by atoms with Crippen molar-refractivity contribution in [3.05, 3.63) is 71.8 Å². The molecular formula is C20H24. The second-order valence-corrected chi connectivity index (χ2v) is 6.18. The van der Waals surface area contributed by atoms with Gasteiger partial charge in [-0.05, 0) is 47.6 Å². The quantitative estimate of drug-likeness (QED) is 0.658. The third-order valence-corrected chi connectivity index (χ3v) is 5.48. The van der Waals surface area contributed by atoms with Crippen LogP contribution in [0, 0.1) is 5.41 Å². The molecule has 3 rings (SSSR count). The van der Waals surface area contributed by atoms with Crippen molar-refractivity contribution in [2.24, 2.45) is 5.41 Å². The molecule has 0 heterocycles. The highest BCUT2D eigenvalue weighted by molar-refractivity contribution is 5.36. The smallest absolute Gasteiger partial charge is 0.00363 e. The van der Waals surface area contributed by atoms with Crippen molar-refractivity contribution in [1.82, 2.24) is 0 Å². The summed E-state index contributed by atoms with van der Waals surface area (Å²) in [6.45, 7) is 4.72. The van der Waals surface area contributed by atoms with Crippen molar-refractivity contribution in [1.29, 1.82) is 0 Å². The van der Waals surface area contributed by atoms with Gasteiger partial charge in [0.25, 0.3) is 0 Å². The normalized spacial score (nSPS) is 24.1. The molecular weight excluding hydrogens is 240 g/mol. The fourth-order valence-corrected chi connectivity index (χ4v) is 4.18. The third kappa shape index (κ3) is 2.08. The van der Waals surface area contributed by atoms with Gasteiger partial charge < -0.3 is 0 Å². The fourth-order valence-electron chi connectivity index (χ4n) is 4.18. The van der Waals surface area contributed by atoms with Gasteiger partial charge in [-0.15, -0.1) is 0 Å². The van der Waals surface area contributed by atoms with E-state index in [0.29, 0.717) is 17.3 Å². The molecule has 1 saturated carbocycles. The molecule has 2 aromatic rings. The standard InChI is InChI=1S/C20H24/c1-3-20(4-2)15-18(16-11-7-5-8-12-16)19(20)17-13-9-6-10-14-17/h5-14,18-19H,3-4,15H2,1-2H3/t18-,19+/m1/s1. The van der Waals surface area contributed by atoms with Gasteiger partial charge in [-0.3, -0.25) is 0 Å². The summed E-state index contributed by atoms with van der Waals surface area (Å²) < 4.78 is 0. The highest BCUT2D eigenvalue weighted by Crippen LogP contribution is 2.64.